The van der Waals surface area contributed by atoms with Crippen molar-refractivity contribution < 1.29 is 4.79 Å². The van der Waals surface area contributed by atoms with Crippen molar-refractivity contribution >= 4 is 59.9 Å². The van der Waals surface area contributed by atoms with E-state index >= 15 is 0 Å². The first-order valence-electron chi connectivity index (χ1n) is 13.5. The van der Waals surface area contributed by atoms with Crippen LogP contribution in [0.4, 0.5) is 0 Å². The largest absolute Gasteiger partial charge is 0.296 e. The molecule has 2 unspecified atom stereocenters. The summed E-state index contributed by atoms with van der Waals surface area (Å²) in [5.74, 6) is 0.0913. The average Bonchev–Trinajstić information content (AvgIpc) is 3.02. The molecule has 0 aliphatic heterocycles. The summed E-state index contributed by atoms with van der Waals surface area (Å²) in [7, 11) is 0. The molecular weight excluding hydrogens is 620 g/mol. The van der Waals surface area contributed by atoms with E-state index in [1.54, 1.807) is 0 Å². The third-order valence-corrected chi connectivity index (χ3v) is 9.53. The molecular formula is C37H28Br2O. The number of benzene rings is 4. The summed E-state index contributed by atoms with van der Waals surface area (Å²) in [6, 6.07) is 41.6. The number of carbonyl (C=O) groups excluding carboxylic acids is 1. The predicted molar refractivity (Wildman–Crippen MR) is 175 cm³/mol. The molecule has 0 saturated heterocycles. The van der Waals surface area contributed by atoms with E-state index in [0.29, 0.717) is 12.8 Å². The van der Waals surface area contributed by atoms with Crippen molar-refractivity contribution in [1.29, 1.82) is 0 Å². The van der Waals surface area contributed by atoms with Crippen LogP contribution in [0.15, 0.2) is 146 Å². The molecule has 1 nitrogen and oxygen atoms in total. The van der Waals surface area contributed by atoms with Gasteiger partial charge in [0.2, 0.25) is 0 Å². The van der Waals surface area contributed by atoms with Crippen LogP contribution in [0.2, 0.25) is 0 Å². The summed E-state index contributed by atoms with van der Waals surface area (Å²) in [5.41, 5.74) is 9.14. The first kappa shape index (κ1) is 26.7. The van der Waals surface area contributed by atoms with Crippen LogP contribution in [-0.2, 0) is 4.79 Å². The fourth-order valence-corrected chi connectivity index (χ4v) is 7.48. The summed E-state index contributed by atoms with van der Waals surface area (Å²) >= 11 is 7.91. The Morgan fingerprint density at radius 3 is 1.10 bits per heavy atom. The lowest BCUT2D eigenvalue weighted by Crippen LogP contribution is -2.45. The van der Waals surface area contributed by atoms with Crippen molar-refractivity contribution in [1.82, 2.24) is 0 Å². The molecule has 0 radical (unpaired) electrons. The first-order valence-corrected chi connectivity index (χ1v) is 15.0. The van der Waals surface area contributed by atoms with Crippen LogP contribution in [0.1, 0.15) is 35.1 Å². The molecule has 40 heavy (non-hydrogen) atoms. The fraction of sp³-hybridized carbons (Fsp3) is 0.108. The smallest absolute Gasteiger partial charge is 0.174 e. The standard InChI is InChI=1S/C37H28Br2O/c38-36(23-21-31(27-13-5-1-6-14-27)33(25-36)29-17-9-3-10-18-29)35(40)37(39)24-22-32(28-15-7-2-8-16-28)34(26-37)30-19-11-4-12-20-30/h1-24H,25-26H2. The van der Waals surface area contributed by atoms with Crippen molar-refractivity contribution in [2.75, 3.05) is 0 Å². The highest BCUT2D eigenvalue weighted by Crippen LogP contribution is 2.50. The molecule has 0 fully saturated rings. The number of hydrogen-bond acceptors (Lipinski definition) is 1. The minimum atomic E-state index is -0.865. The summed E-state index contributed by atoms with van der Waals surface area (Å²) < 4.78 is -1.73. The van der Waals surface area contributed by atoms with Gasteiger partial charge >= 0.3 is 0 Å². The second kappa shape index (κ2) is 11.2. The maximum Gasteiger partial charge on any atom is 0.174 e. The molecule has 2 aliphatic carbocycles. The Morgan fingerprint density at radius 1 is 0.475 bits per heavy atom. The Hall–Kier alpha value is -3.53. The number of allylic oxidation sites excluding steroid dienone is 8. The number of hydrogen-bond donors (Lipinski definition) is 0. The van der Waals surface area contributed by atoms with Crippen LogP contribution in [-0.4, -0.2) is 14.4 Å². The van der Waals surface area contributed by atoms with Crippen LogP contribution >= 0.6 is 31.9 Å². The summed E-state index contributed by atoms with van der Waals surface area (Å²) in [6.07, 6.45) is 9.40. The highest BCUT2D eigenvalue weighted by atomic mass is 79.9. The Bertz CT molecular complexity index is 1530. The van der Waals surface area contributed by atoms with E-state index in [9.17, 15) is 4.79 Å². The third kappa shape index (κ3) is 5.16. The van der Waals surface area contributed by atoms with Gasteiger partial charge in [0.25, 0.3) is 0 Å². The maximum atomic E-state index is 14.6. The minimum absolute atomic E-state index is 0.0913. The Balaban J connectivity index is 1.39. The van der Waals surface area contributed by atoms with Gasteiger partial charge in [0.1, 0.15) is 8.65 Å². The summed E-state index contributed by atoms with van der Waals surface area (Å²) in [5, 5.41) is 0. The molecule has 0 bridgehead atoms. The van der Waals surface area contributed by atoms with E-state index in [-0.39, 0.29) is 5.78 Å². The van der Waals surface area contributed by atoms with Gasteiger partial charge in [0, 0.05) is 0 Å². The topological polar surface area (TPSA) is 17.1 Å². The Kier molecular flexibility index (Phi) is 7.44. The monoisotopic (exact) mass is 646 g/mol. The van der Waals surface area contributed by atoms with Gasteiger partial charge < -0.3 is 0 Å². The van der Waals surface area contributed by atoms with Gasteiger partial charge in [-0.15, -0.1) is 0 Å². The first-order chi connectivity index (χ1) is 19.5. The van der Waals surface area contributed by atoms with E-state index in [1.165, 1.54) is 0 Å². The Labute approximate surface area is 252 Å². The molecule has 4 aromatic rings. The quantitative estimate of drug-likeness (QED) is 0.190. The number of rotatable bonds is 6. The zero-order chi connectivity index (χ0) is 27.6. The highest BCUT2D eigenvalue weighted by molar-refractivity contribution is 9.11. The van der Waals surface area contributed by atoms with E-state index in [2.05, 4.69) is 141 Å². The lowest BCUT2D eigenvalue weighted by atomic mass is 9.75. The summed E-state index contributed by atoms with van der Waals surface area (Å²) in [4.78, 5) is 14.6. The maximum absolute atomic E-state index is 14.6. The van der Waals surface area contributed by atoms with Gasteiger partial charge in [0.05, 0.1) is 0 Å². The molecule has 0 aromatic heterocycles. The summed E-state index contributed by atoms with van der Waals surface area (Å²) in [6.45, 7) is 0. The van der Waals surface area contributed by atoms with Crippen LogP contribution in [0, 0.1) is 0 Å². The van der Waals surface area contributed by atoms with Crippen LogP contribution in [0.25, 0.3) is 22.3 Å². The lowest BCUT2D eigenvalue weighted by Gasteiger charge is -2.37. The van der Waals surface area contributed by atoms with Crippen molar-refractivity contribution in [2.45, 2.75) is 21.5 Å². The number of alkyl halides is 2. The van der Waals surface area contributed by atoms with Crippen molar-refractivity contribution in [3.8, 4) is 0 Å². The van der Waals surface area contributed by atoms with Gasteiger partial charge in [-0.1, -0.05) is 177 Å². The van der Waals surface area contributed by atoms with Gasteiger partial charge in [-0.05, 0) is 57.4 Å². The molecule has 0 spiro atoms. The molecule has 0 heterocycles. The minimum Gasteiger partial charge on any atom is -0.296 e. The van der Waals surface area contributed by atoms with Crippen LogP contribution in [0.5, 0.6) is 0 Å². The number of halogens is 2. The SMILES string of the molecule is O=C(C1(Br)C=CC(c2ccccc2)=C(c2ccccc2)C1)C1(Br)C=CC(c2ccccc2)=C(c2ccccc2)C1. The fourth-order valence-electron chi connectivity index (χ4n) is 5.68. The second-order valence-corrected chi connectivity index (χ2v) is 13.2. The van der Waals surface area contributed by atoms with E-state index in [4.69, 9.17) is 0 Å². The number of Topliss-reactive ketones (excluding diaryl/α,β-unsaturated/α-hetero) is 1. The number of ketones is 1. The number of carbonyl (C=O) groups is 1. The normalized spacial score (nSPS) is 22.4. The van der Waals surface area contributed by atoms with Crippen LogP contribution < -0.4 is 0 Å². The van der Waals surface area contributed by atoms with Crippen molar-refractivity contribution in [2.24, 2.45) is 0 Å². The van der Waals surface area contributed by atoms with E-state index < -0.39 is 8.65 Å². The second-order valence-electron chi connectivity index (χ2n) is 10.3. The third-order valence-electron chi connectivity index (χ3n) is 7.72. The van der Waals surface area contributed by atoms with Crippen molar-refractivity contribution in [3.05, 3.63) is 168 Å². The molecule has 2 atom stereocenters. The lowest BCUT2D eigenvalue weighted by molar-refractivity contribution is -0.121. The zero-order valence-electron chi connectivity index (χ0n) is 21.9. The van der Waals surface area contributed by atoms with Gasteiger partial charge in [-0.3, -0.25) is 4.79 Å². The molecule has 2 aliphatic rings. The molecule has 0 N–H and O–H groups in total. The molecule has 6 rings (SSSR count). The van der Waals surface area contributed by atoms with E-state index in [1.807, 2.05) is 36.4 Å². The van der Waals surface area contributed by atoms with Crippen LogP contribution in [0.3, 0.4) is 0 Å². The molecule has 0 saturated carbocycles. The molecule has 196 valence electrons. The van der Waals surface area contributed by atoms with Crippen molar-refractivity contribution in [3.63, 3.8) is 0 Å². The van der Waals surface area contributed by atoms with Gasteiger partial charge in [-0.25, -0.2) is 0 Å². The average molecular weight is 648 g/mol. The van der Waals surface area contributed by atoms with Gasteiger partial charge in [-0.2, -0.15) is 0 Å². The zero-order valence-corrected chi connectivity index (χ0v) is 25.1. The predicted octanol–water partition coefficient (Wildman–Crippen LogP) is 9.96. The highest BCUT2D eigenvalue weighted by Gasteiger charge is 2.48. The molecule has 3 heteroatoms. The molecule has 4 aromatic carbocycles. The Morgan fingerprint density at radius 2 is 0.775 bits per heavy atom. The molecule has 0 amide bonds. The van der Waals surface area contributed by atoms with E-state index in [0.717, 1.165) is 44.5 Å². The van der Waals surface area contributed by atoms with Gasteiger partial charge in [0.15, 0.2) is 5.78 Å².